The molecule has 1 aliphatic carbocycles. The number of fused-ring (bicyclic) bond motifs is 3. The Kier molecular flexibility index (Phi) is 5.03. The lowest BCUT2D eigenvalue weighted by atomic mass is 9.76. The van der Waals surface area contributed by atoms with E-state index in [-0.39, 0.29) is 11.0 Å². The van der Waals surface area contributed by atoms with Crippen molar-refractivity contribution in [3.63, 3.8) is 0 Å². The number of rotatable bonds is 3. The molecule has 32 heavy (non-hydrogen) atoms. The van der Waals surface area contributed by atoms with Crippen molar-refractivity contribution in [3.05, 3.63) is 57.0 Å². The van der Waals surface area contributed by atoms with E-state index in [1.807, 2.05) is 12.1 Å². The molecule has 0 atom stereocenters. The molecule has 7 heteroatoms. The molecular weight excluding hydrogens is 404 g/mol. The van der Waals surface area contributed by atoms with Crippen LogP contribution in [-0.4, -0.2) is 67.4 Å². The molecule has 2 aromatic rings. The Morgan fingerprint density at radius 3 is 2.72 bits per heavy atom. The normalized spacial score (nSPS) is 22.2. The molecular formula is C25H30N4O3. The lowest BCUT2D eigenvalue weighted by Gasteiger charge is -2.40. The highest BCUT2D eigenvalue weighted by Crippen LogP contribution is 2.44. The third kappa shape index (κ3) is 3.53. The molecule has 0 unspecified atom stereocenters. The number of anilines is 1. The quantitative estimate of drug-likeness (QED) is 0.800. The van der Waals surface area contributed by atoms with E-state index in [1.165, 1.54) is 11.1 Å². The van der Waals surface area contributed by atoms with Crippen molar-refractivity contribution in [2.24, 2.45) is 0 Å². The van der Waals surface area contributed by atoms with Crippen molar-refractivity contribution in [1.29, 1.82) is 0 Å². The maximum atomic E-state index is 12.8. The molecule has 4 heterocycles. The van der Waals surface area contributed by atoms with Gasteiger partial charge in [0.25, 0.3) is 5.56 Å². The van der Waals surface area contributed by atoms with E-state index in [9.17, 15) is 4.79 Å². The minimum Gasteiger partial charge on any atom is -0.489 e. The van der Waals surface area contributed by atoms with E-state index in [1.54, 1.807) is 0 Å². The van der Waals surface area contributed by atoms with Crippen LogP contribution in [0.3, 0.4) is 0 Å². The molecule has 2 fully saturated rings. The largest absolute Gasteiger partial charge is 0.489 e. The summed E-state index contributed by atoms with van der Waals surface area (Å²) in [7, 11) is 0. The Labute approximate surface area is 188 Å². The highest BCUT2D eigenvalue weighted by atomic mass is 16.5. The van der Waals surface area contributed by atoms with E-state index in [2.05, 4.69) is 33.0 Å². The zero-order valence-corrected chi connectivity index (χ0v) is 18.4. The third-order valence-electron chi connectivity index (χ3n) is 7.60. The number of para-hydroxylation sites is 1. The molecule has 168 valence electrons. The second-order valence-electron chi connectivity index (χ2n) is 9.50. The van der Waals surface area contributed by atoms with Crippen molar-refractivity contribution in [3.8, 4) is 5.75 Å². The first kappa shape index (κ1) is 20.0. The Morgan fingerprint density at radius 2 is 1.88 bits per heavy atom. The number of ether oxygens (including phenoxy) is 2. The first-order valence-electron chi connectivity index (χ1n) is 11.8. The van der Waals surface area contributed by atoms with Crippen molar-refractivity contribution in [2.75, 3.05) is 57.4 Å². The summed E-state index contributed by atoms with van der Waals surface area (Å²) in [4.78, 5) is 25.6. The van der Waals surface area contributed by atoms with E-state index >= 15 is 0 Å². The van der Waals surface area contributed by atoms with Crippen LogP contribution < -0.4 is 15.2 Å². The van der Waals surface area contributed by atoms with Gasteiger partial charge in [-0.2, -0.15) is 0 Å². The van der Waals surface area contributed by atoms with Crippen molar-refractivity contribution < 1.29 is 9.47 Å². The second-order valence-corrected chi connectivity index (χ2v) is 9.50. The summed E-state index contributed by atoms with van der Waals surface area (Å²) >= 11 is 0. The van der Waals surface area contributed by atoms with Gasteiger partial charge in [-0.05, 0) is 56.5 Å². The topological polar surface area (TPSA) is 70.7 Å². The Bertz CT molecular complexity index is 1090. The summed E-state index contributed by atoms with van der Waals surface area (Å²) in [6, 6.07) is 8.23. The number of benzene rings is 1. The maximum absolute atomic E-state index is 12.8. The number of nitrogens with zero attached hydrogens (tertiary/aromatic N) is 3. The van der Waals surface area contributed by atoms with Crippen LogP contribution in [0.15, 0.2) is 34.6 Å². The smallest absolute Gasteiger partial charge is 0.255 e. The SMILES string of the molecule is O=c1[nH]c(N2CCOCC2)nc2c1CCC21CCN(CC2=Cc3ccccc3OC2)CC1. The van der Waals surface area contributed by atoms with Crippen LogP contribution in [0.2, 0.25) is 0 Å². The van der Waals surface area contributed by atoms with Crippen LogP contribution in [0.5, 0.6) is 5.75 Å². The molecule has 7 nitrogen and oxygen atoms in total. The predicted molar refractivity (Wildman–Crippen MR) is 123 cm³/mol. The number of nitrogens with one attached hydrogen (secondary N) is 1. The van der Waals surface area contributed by atoms with Crippen molar-refractivity contribution in [1.82, 2.24) is 14.9 Å². The number of aromatic nitrogens is 2. The van der Waals surface area contributed by atoms with Gasteiger partial charge >= 0.3 is 0 Å². The van der Waals surface area contributed by atoms with E-state index in [0.717, 1.165) is 81.4 Å². The van der Waals surface area contributed by atoms with Crippen LogP contribution in [0.4, 0.5) is 5.95 Å². The standard InChI is InChI=1S/C25H30N4O3/c30-23-20-5-6-25(22(20)26-24(27-23)29-11-13-31-14-12-29)7-9-28(10-8-25)16-18-15-19-3-1-2-4-21(19)32-17-18/h1-4,15H,5-14,16-17H2,(H,26,27,30). The number of aromatic amines is 1. The van der Waals surface area contributed by atoms with Crippen LogP contribution in [0.1, 0.15) is 36.1 Å². The number of hydrogen-bond acceptors (Lipinski definition) is 6. The molecule has 4 aliphatic rings. The highest BCUT2D eigenvalue weighted by molar-refractivity contribution is 5.62. The van der Waals surface area contributed by atoms with Gasteiger partial charge in [-0.25, -0.2) is 4.98 Å². The van der Waals surface area contributed by atoms with Crippen molar-refractivity contribution in [2.45, 2.75) is 31.1 Å². The fourth-order valence-electron chi connectivity index (χ4n) is 5.73. The summed E-state index contributed by atoms with van der Waals surface area (Å²) in [5.74, 6) is 1.70. The fraction of sp³-hybridized carbons (Fsp3) is 0.520. The predicted octanol–water partition coefficient (Wildman–Crippen LogP) is 2.36. The van der Waals surface area contributed by atoms with Gasteiger partial charge in [0.1, 0.15) is 12.4 Å². The Balaban J connectivity index is 1.18. The van der Waals surface area contributed by atoms with Gasteiger partial charge in [0.15, 0.2) is 0 Å². The number of likely N-dealkylation sites (tertiary alicyclic amines) is 1. The summed E-state index contributed by atoms with van der Waals surface area (Å²) in [5.41, 5.74) is 4.58. The molecule has 0 bridgehead atoms. The number of H-pyrrole nitrogens is 1. The summed E-state index contributed by atoms with van der Waals surface area (Å²) in [6.07, 6.45) is 6.28. The molecule has 0 radical (unpaired) electrons. The average molecular weight is 435 g/mol. The Hall–Kier alpha value is -2.64. The van der Waals surface area contributed by atoms with Gasteiger partial charge in [-0.15, -0.1) is 0 Å². The fourth-order valence-corrected chi connectivity index (χ4v) is 5.73. The number of morpholine rings is 1. The van der Waals surface area contributed by atoms with Gasteiger partial charge in [-0.3, -0.25) is 14.7 Å². The van der Waals surface area contributed by atoms with Crippen molar-refractivity contribution >= 4 is 12.0 Å². The molecule has 1 spiro atoms. The van der Waals surface area contributed by atoms with Crippen LogP contribution in [-0.2, 0) is 16.6 Å². The minimum absolute atomic E-state index is 0.0468. The monoisotopic (exact) mass is 434 g/mol. The number of hydrogen-bond donors (Lipinski definition) is 1. The van der Waals surface area contributed by atoms with Crippen LogP contribution >= 0.6 is 0 Å². The Morgan fingerprint density at radius 1 is 1.06 bits per heavy atom. The zero-order valence-electron chi connectivity index (χ0n) is 18.4. The molecule has 0 saturated carbocycles. The second kappa shape index (κ2) is 8.05. The maximum Gasteiger partial charge on any atom is 0.255 e. The summed E-state index contributed by atoms with van der Waals surface area (Å²) in [5, 5.41) is 0. The first-order valence-corrected chi connectivity index (χ1v) is 11.8. The van der Waals surface area contributed by atoms with Gasteiger partial charge in [0.2, 0.25) is 5.95 Å². The molecule has 3 aliphatic heterocycles. The number of piperidine rings is 1. The highest BCUT2D eigenvalue weighted by Gasteiger charge is 2.44. The van der Waals surface area contributed by atoms with E-state index in [0.29, 0.717) is 19.8 Å². The summed E-state index contributed by atoms with van der Waals surface area (Å²) in [6.45, 7) is 6.60. The van der Waals surface area contributed by atoms with Gasteiger partial charge in [0, 0.05) is 36.2 Å². The van der Waals surface area contributed by atoms with Gasteiger partial charge < -0.3 is 14.4 Å². The van der Waals surface area contributed by atoms with Crippen LogP contribution in [0.25, 0.3) is 6.08 Å². The van der Waals surface area contributed by atoms with Gasteiger partial charge in [0.05, 0.1) is 18.9 Å². The summed E-state index contributed by atoms with van der Waals surface area (Å²) < 4.78 is 11.4. The first-order chi connectivity index (χ1) is 15.7. The molecule has 2 saturated heterocycles. The van der Waals surface area contributed by atoms with E-state index < -0.39 is 0 Å². The molecule has 1 N–H and O–H groups in total. The third-order valence-corrected chi connectivity index (χ3v) is 7.60. The molecule has 1 aromatic carbocycles. The van der Waals surface area contributed by atoms with Gasteiger partial charge in [-0.1, -0.05) is 18.2 Å². The molecule has 0 amide bonds. The minimum atomic E-state index is 0.0468. The molecule has 6 rings (SSSR count). The molecule has 1 aromatic heterocycles. The average Bonchev–Trinajstić information content (AvgIpc) is 3.20. The van der Waals surface area contributed by atoms with Crippen LogP contribution in [0, 0.1) is 0 Å². The zero-order chi connectivity index (χ0) is 21.5. The van der Waals surface area contributed by atoms with E-state index in [4.69, 9.17) is 14.5 Å². The lowest BCUT2D eigenvalue weighted by Crippen LogP contribution is -2.44. The lowest BCUT2D eigenvalue weighted by molar-refractivity contribution is 0.122.